The number of carbonyl (C=O) groups excluding carboxylic acids is 7. The van der Waals surface area contributed by atoms with Crippen LogP contribution in [0.4, 0.5) is 0 Å². The molecule has 6 amide bonds. The second-order valence-corrected chi connectivity index (χ2v) is 20.2. The molecule has 15 heteroatoms. The van der Waals surface area contributed by atoms with Crippen molar-refractivity contribution >= 4 is 41.4 Å². The summed E-state index contributed by atoms with van der Waals surface area (Å²) in [6.45, 7) is 13.4. The second kappa shape index (κ2) is 26.7. The van der Waals surface area contributed by atoms with Gasteiger partial charge in [0.05, 0.1) is 6.07 Å². The Morgan fingerprint density at radius 2 is 1.12 bits per heavy atom. The van der Waals surface area contributed by atoms with Gasteiger partial charge in [0.1, 0.15) is 36.3 Å². The van der Waals surface area contributed by atoms with E-state index in [1.807, 2.05) is 40.7 Å². The second-order valence-electron chi connectivity index (χ2n) is 20.2. The maximum atomic E-state index is 14.8. The van der Waals surface area contributed by atoms with Gasteiger partial charge in [-0.05, 0) is 68.6 Å². The molecule has 0 radical (unpaired) electrons. The molecule has 0 aromatic heterocycles. The molecule has 2 saturated carbocycles. The van der Waals surface area contributed by atoms with E-state index in [1.165, 1.54) is 35.7 Å². The first-order valence-corrected chi connectivity index (χ1v) is 24.6. The van der Waals surface area contributed by atoms with Crippen molar-refractivity contribution in [2.24, 2.45) is 29.6 Å². The van der Waals surface area contributed by atoms with Crippen LogP contribution < -0.4 is 16.0 Å². The van der Waals surface area contributed by atoms with E-state index >= 15 is 0 Å². The molecule has 3 fully saturated rings. The lowest BCUT2D eigenvalue weighted by Crippen LogP contribution is -2.60. The highest BCUT2D eigenvalue weighted by molar-refractivity contribution is 5.97. The molecular weight excluding hydrogens is 815 g/mol. The third-order valence-electron chi connectivity index (χ3n) is 13.8. The summed E-state index contributed by atoms with van der Waals surface area (Å²) in [5.41, 5.74) is 0. The first-order chi connectivity index (χ1) is 30.3. The van der Waals surface area contributed by atoms with Gasteiger partial charge in [0.25, 0.3) is 5.91 Å². The minimum atomic E-state index is -1.45. The SMILES string of the molecule is CCCC[C@@H](C)C[C@@H]1NC(=O)C(CC2CCCCC2)N(C)C(=O)[C@H](CC(C)C)NC(=O)[C@H](CC(C)C)N(C)C(=O)C(CC2CCCC2)NC(=O)C(CCC#N)OC(=O)C(C)N(C)C1=O. The fraction of sp³-hybridized carbons (Fsp3) is 0.837. The number of cyclic esters (lactones) is 1. The number of esters is 1. The molecule has 3 rings (SSSR count). The predicted octanol–water partition coefficient (Wildman–Crippen LogP) is 6.03. The van der Waals surface area contributed by atoms with Gasteiger partial charge in [-0.25, -0.2) is 4.79 Å². The number of nitrogens with one attached hydrogen (secondary N) is 3. The van der Waals surface area contributed by atoms with Crippen LogP contribution in [0.1, 0.15) is 170 Å². The van der Waals surface area contributed by atoms with E-state index in [2.05, 4.69) is 22.9 Å². The smallest absolute Gasteiger partial charge is 0.329 e. The van der Waals surface area contributed by atoms with Gasteiger partial charge in [-0.3, -0.25) is 28.8 Å². The average molecular weight is 898 g/mol. The van der Waals surface area contributed by atoms with Crippen molar-refractivity contribution in [2.45, 2.75) is 213 Å². The molecule has 0 aromatic rings. The third-order valence-corrected chi connectivity index (χ3v) is 13.8. The summed E-state index contributed by atoms with van der Waals surface area (Å²) >= 11 is 0. The number of nitrogens with zero attached hydrogens (tertiary/aromatic N) is 4. The zero-order valence-corrected chi connectivity index (χ0v) is 40.9. The van der Waals surface area contributed by atoms with Crippen molar-refractivity contribution < 1.29 is 38.3 Å². The first-order valence-electron chi connectivity index (χ1n) is 24.6. The number of amides is 6. The molecule has 362 valence electrons. The Morgan fingerprint density at radius 3 is 1.69 bits per heavy atom. The summed E-state index contributed by atoms with van der Waals surface area (Å²) in [5.74, 6) is -3.86. The third kappa shape index (κ3) is 16.3. The lowest BCUT2D eigenvalue weighted by molar-refractivity contribution is -0.163. The monoisotopic (exact) mass is 898 g/mol. The van der Waals surface area contributed by atoms with Crippen molar-refractivity contribution in [1.82, 2.24) is 30.7 Å². The number of hydrogen-bond donors (Lipinski definition) is 3. The van der Waals surface area contributed by atoms with Gasteiger partial charge < -0.3 is 35.4 Å². The maximum absolute atomic E-state index is 14.8. The van der Waals surface area contributed by atoms with Gasteiger partial charge in [0.2, 0.25) is 29.5 Å². The van der Waals surface area contributed by atoms with Gasteiger partial charge in [-0.15, -0.1) is 0 Å². The van der Waals surface area contributed by atoms with Crippen LogP contribution in [-0.4, -0.2) is 120 Å². The zero-order chi connectivity index (χ0) is 47.7. The van der Waals surface area contributed by atoms with Crippen LogP contribution in [0.2, 0.25) is 0 Å². The van der Waals surface area contributed by atoms with Crippen LogP contribution >= 0.6 is 0 Å². The van der Waals surface area contributed by atoms with E-state index in [4.69, 9.17) is 4.74 Å². The number of hydrogen-bond acceptors (Lipinski definition) is 9. The number of nitriles is 1. The van der Waals surface area contributed by atoms with Crippen LogP contribution in [0.25, 0.3) is 0 Å². The highest BCUT2D eigenvalue weighted by atomic mass is 16.5. The maximum Gasteiger partial charge on any atom is 0.329 e. The summed E-state index contributed by atoms with van der Waals surface area (Å²) in [6.07, 6.45) is 11.1. The number of ether oxygens (including phenoxy) is 1. The predicted molar refractivity (Wildman–Crippen MR) is 246 cm³/mol. The van der Waals surface area contributed by atoms with E-state index < -0.39 is 83.8 Å². The van der Waals surface area contributed by atoms with Crippen molar-refractivity contribution in [1.29, 1.82) is 5.26 Å². The van der Waals surface area contributed by atoms with Crippen molar-refractivity contribution in [3.63, 3.8) is 0 Å². The van der Waals surface area contributed by atoms with Crippen molar-refractivity contribution in [2.75, 3.05) is 21.1 Å². The van der Waals surface area contributed by atoms with Gasteiger partial charge in [0.15, 0.2) is 6.10 Å². The van der Waals surface area contributed by atoms with E-state index in [9.17, 15) is 38.8 Å². The van der Waals surface area contributed by atoms with Crippen LogP contribution in [-0.2, 0) is 38.3 Å². The number of carbonyl (C=O) groups is 7. The van der Waals surface area contributed by atoms with Crippen LogP contribution in [0, 0.1) is 40.9 Å². The molecule has 1 saturated heterocycles. The normalized spacial score (nSPS) is 27.8. The summed E-state index contributed by atoms with van der Waals surface area (Å²) in [7, 11) is 4.59. The number of rotatable bonds is 15. The Bertz CT molecular complexity index is 1600. The molecule has 1 heterocycles. The van der Waals surface area contributed by atoms with E-state index in [0.717, 1.165) is 77.0 Å². The topological polar surface area (TPSA) is 198 Å². The minimum absolute atomic E-state index is 0.0250. The van der Waals surface area contributed by atoms with Crippen LogP contribution in [0.5, 0.6) is 0 Å². The molecule has 0 aromatic carbocycles. The van der Waals surface area contributed by atoms with Crippen molar-refractivity contribution in [3.8, 4) is 6.07 Å². The Kier molecular flexibility index (Phi) is 22.6. The van der Waals surface area contributed by atoms with Crippen molar-refractivity contribution in [3.05, 3.63) is 0 Å². The molecule has 15 nitrogen and oxygen atoms in total. The van der Waals surface area contributed by atoms with E-state index in [-0.39, 0.29) is 61.7 Å². The molecule has 4 unspecified atom stereocenters. The van der Waals surface area contributed by atoms with Gasteiger partial charge >= 0.3 is 5.97 Å². The molecular formula is C49H83N7O8. The van der Waals surface area contributed by atoms with E-state index in [0.29, 0.717) is 12.8 Å². The number of unbranched alkanes of at least 4 members (excludes halogenated alkanes) is 1. The Labute approximate surface area is 384 Å². The fourth-order valence-electron chi connectivity index (χ4n) is 9.73. The lowest BCUT2D eigenvalue weighted by atomic mass is 9.84. The van der Waals surface area contributed by atoms with Gasteiger partial charge in [-0.2, -0.15) is 5.26 Å². The zero-order valence-electron chi connectivity index (χ0n) is 40.9. The Balaban J connectivity index is 2.22. The highest BCUT2D eigenvalue weighted by Gasteiger charge is 2.41. The Morgan fingerprint density at radius 1 is 0.641 bits per heavy atom. The quantitative estimate of drug-likeness (QED) is 0.164. The molecule has 64 heavy (non-hydrogen) atoms. The summed E-state index contributed by atoms with van der Waals surface area (Å²) in [6, 6.07) is -4.31. The molecule has 8 atom stereocenters. The first kappa shape index (κ1) is 54.1. The van der Waals surface area contributed by atoms with Gasteiger partial charge in [-0.1, -0.05) is 119 Å². The van der Waals surface area contributed by atoms with E-state index in [1.54, 1.807) is 7.05 Å². The molecule has 3 N–H and O–H groups in total. The van der Waals surface area contributed by atoms with Gasteiger partial charge in [0, 0.05) is 34.0 Å². The molecule has 2 aliphatic carbocycles. The summed E-state index contributed by atoms with van der Waals surface area (Å²) in [4.78, 5) is 105. The molecule has 1 aliphatic heterocycles. The lowest BCUT2D eigenvalue weighted by Gasteiger charge is -2.37. The molecule has 0 bridgehead atoms. The fourth-order valence-corrected chi connectivity index (χ4v) is 9.73. The summed E-state index contributed by atoms with van der Waals surface area (Å²) in [5, 5.41) is 18.4. The summed E-state index contributed by atoms with van der Waals surface area (Å²) < 4.78 is 5.81. The molecule has 0 spiro atoms. The molecule has 3 aliphatic rings. The van der Waals surface area contributed by atoms with Crippen LogP contribution in [0.15, 0.2) is 0 Å². The Hall–Kier alpha value is -4.22. The largest absolute Gasteiger partial charge is 0.451 e. The standard InChI is InChI=1S/C49H83N7O8/c1-11-12-19-33(6)28-38-46(60)54(8)34(7)49(63)64-42(24-18-25-50)45(59)53-39(29-35-22-16-17-23-35)48(62)55(9)40(27-32(4)5)43(57)51-37(26-31(2)3)47(61)56(10)41(44(58)52-38)30-36-20-14-13-15-21-36/h31-42H,11-24,26-30H2,1-10H3,(H,51,57)(H,52,58)(H,53,59)/t33-,34?,37+,38+,39?,40+,41?,42?/m1/s1. The average Bonchev–Trinajstić information content (AvgIpc) is 3.78. The minimum Gasteiger partial charge on any atom is -0.451 e. The number of likely N-dealkylation sites (N-methyl/N-ethyl adjacent to an activating group) is 3. The van der Waals surface area contributed by atoms with Crippen LogP contribution in [0.3, 0.4) is 0 Å². The highest BCUT2D eigenvalue weighted by Crippen LogP contribution is 2.31.